The van der Waals surface area contributed by atoms with Crippen LogP contribution in [0.5, 0.6) is 0 Å². The van der Waals surface area contributed by atoms with Gasteiger partial charge in [-0.05, 0) is 0 Å². The number of aliphatic carboxylic acids is 1. The minimum Gasteiger partial charge on any atom is -0.481 e. The Morgan fingerprint density at radius 2 is 2.11 bits per heavy atom. The van der Waals surface area contributed by atoms with Gasteiger partial charge in [-0.3, -0.25) is 9.59 Å². The number of carbonyl (C=O) groups excluding carboxylic acids is 1. The van der Waals surface area contributed by atoms with Gasteiger partial charge in [-0.2, -0.15) is 0 Å². The Balaban J connectivity index is 3.39. The number of ether oxygens (including phenoxy) is 1. The predicted molar refractivity (Wildman–Crippen MR) is 29.1 cm³/mol. The molecule has 0 aliphatic rings. The molecule has 4 heteroatoms. The number of ketones is 1. The largest absolute Gasteiger partial charge is 0.481 e. The highest BCUT2D eigenvalue weighted by molar-refractivity contribution is 5.95. The van der Waals surface area contributed by atoms with Gasteiger partial charge in [0.15, 0.2) is 5.78 Å². The molecule has 0 unspecified atom stereocenters. The highest BCUT2D eigenvalue weighted by Gasteiger charge is 2.05. The molecule has 0 saturated heterocycles. The lowest BCUT2D eigenvalue weighted by molar-refractivity contribution is -0.141. The van der Waals surface area contributed by atoms with Crippen molar-refractivity contribution in [3.8, 4) is 0 Å². The molecule has 9 heavy (non-hydrogen) atoms. The lowest BCUT2D eigenvalue weighted by atomic mass is 10.3. The van der Waals surface area contributed by atoms with Crippen LogP contribution < -0.4 is 0 Å². The fourth-order valence-electron chi connectivity index (χ4n) is 0.381. The summed E-state index contributed by atoms with van der Waals surface area (Å²) in [5.41, 5.74) is 0. The van der Waals surface area contributed by atoms with Gasteiger partial charge in [-0.1, -0.05) is 0 Å². The van der Waals surface area contributed by atoms with Crippen molar-refractivity contribution in [2.24, 2.45) is 0 Å². The number of Topliss-reactive ketones (excluding diaryl/α,β-unsaturated/α-hetero) is 1. The van der Waals surface area contributed by atoms with Crippen LogP contribution in [0, 0.1) is 0 Å². The molecule has 0 amide bonds. The standard InChI is InChI=1S/C5H8O4/c1-9-3-4(6)2-5(7)8/h2-3H2,1H3,(H,7,8). The van der Waals surface area contributed by atoms with Crippen molar-refractivity contribution in [3.05, 3.63) is 0 Å². The summed E-state index contributed by atoms with van der Waals surface area (Å²) in [7, 11) is 1.35. The van der Waals surface area contributed by atoms with Crippen LogP contribution in [0.2, 0.25) is 0 Å². The van der Waals surface area contributed by atoms with Crippen molar-refractivity contribution in [3.63, 3.8) is 0 Å². The first kappa shape index (κ1) is 8.10. The number of rotatable bonds is 4. The molecule has 4 nitrogen and oxygen atoms in total. The third-order valence-electron chi connectivity index (χ3n) is 0.654. The molecule has 0 aliphatic heterocycles. The summed E-state index contributed by atoms with van der Waals surface area (Å²) < 4.78 is 4.39. The molecule has 0 spiro atoms. The van der Waals surface area contributed by atoms with E-state index in [-0.39, 0.29) is 6.61 Å². The summed E-state index contributed by atoms with van der Waals surface area (Å²) in [4.78, 5) is 20.2. The first-order chi connectivity index (χ1) is 4.16. The molecule has 52 valence electrons. The van der Waals surface area contributed by atoms with E-state index >= 15 is 0 Å². The van der Waals surface area contributed by atoms with Crippen LogP contribution in [0.4, 0.5) is 0 Å². The number of carbonyl (C=O) groups is 2. The van der Waals surface area contributed by atoms with Crippen molar-refractivity contribution in [1.29, 1.82) is 0 Å². The van der Waals surface area contributed by atoms with Crippen molar-refractivity contribution >= 4 is 11.8 Å². The van der Waals surface area contributed by atoms with Crippen LogP contribution in [0.1, 0.15) is 6.42 Å². The first-order valence-corrected chi connectivity index (χ1v) is 2.39. The second kappa shape index (κ2) is 4.03. The number of carboxylic acid groups (broad SMARTS) is 1. The highest BCUT2D eigenvalue weighted by atomic mass is 16.5. The van der Waals surface area contributed by atoms with Crippen LogP contribution in [-0.2, 0) is 14.3 Å². The summed E-state index contributed by atoms with van der Waals surface area (Å²) in [5.74, 6) is -1.53. The quantitative estimate of drug-likeness (QED) is 0.532. The molecule has 0 aromatic carbocycles. The summed E-state index contributed by atoms with van der Waals surface area (Å²) in [5, 5.41) is 8.03. The van der Waals surface area contributed by atoms with Gasteiger partial charge >= 0.3 is 5.97 Å². The molecule has 1 N–H and O–H groups in total. The van der Waals surface area contributed by atoms with E-state index in [9.17, 15) is 9.59 Å². The lowest BCUT2D eigenvalue weighted by Gasteiger charge is -1.92. The van der Waals surface area contributed by atoms with Gasteiger partial charge in [0.2, 0.25) is 0 Å². The molecule has 0 fully saturated rings. The number of hydrogen-bond donors (Lipinski definition) is 1. The minimum atomic E-state index is -1.11. The average molecular weight is 132 g/mol. The van der Waals surface area contributed by atoms with Gasteiger partial charge in [-0.15, -0.1) is 0 Å². The second-order valence-corrected chi connectivity index (χ2v) is 1.54. The van der Waals surface area contributed by atoms with E-state index in [1.54, 1.807) is 0 Å². The summed E-state index contributed by atoms with van der Waals surface area (Å²) >= 11 is 0. The number of methoxy groups -OCH3 is 1. The van der Waals surface area contributed by atoms with Gasteiger partial charge in [0.25, 0.3) is 0 Å². The van der Waals surface area contributed by atoms with Crippen LogP contribution >= 0.6 is 0 Å². The molecular formula is C5H8O4. The second-order valence-electron chi connectivity index (χ2n) is 1.54. The van der Waals surface area contributed by atoms with Gasteiger partial charge in [0.05, 0.1) is 0 Å². The summed E-state index contributed by atoms with van der Waals surface area (Å²) in [6.45, 7) is -0.119. The fraction of sp³-hybridized carbons (Fsp3) is 0.600. The molecule has 0 aromatic rings. The van der Waals surface area contributed by atoms with E-state index in [0.29, 0.717) is 0 Å². The molecule has 0 saturated carbocycles. The van der Waals surface area contributed by atoms with Crippen molar-refractivity contribution < 1.29 is 19.4 Å². The highest BCUT2D eigenvalue weighted by Crippen LogP contribution is 1.82. The molecule has 0 heterocycles. The van der Waals surface area contributed by atoms with Gasteiger partial charge in [-0.25, -0.2) is 0 Å². The Morgan fingerprint density at radius 3 is 2.44 bits per heavy atom. The third-order valence-corrected chi connectivity index (χ3v) is 0.654. The van der Waals surface area contributed by atoms with Gasteiger partial charge < -0.3 is 9.84 Å². The Kier molecular flexibility index (Phi) is 3.62. The van der Waals surface area contributed by atoms with Crippen LogP contribution in [0.25, 0.3) is 0 Å². The van der Waals surface area contributed by atoms with E-state index < -0.39 is 18.2 Å². The zero-order valence-corrected chi connectivity index (χ0v) is 5.09. The maximum Gasteiger partial charge on any atom is 0.310 e. The summed E-state index contributed by atoms with van der Waals surface area (Å²) in [6.07, 6.45) is -0.451. The van der Waals surface area contributed by atoms with Crippen LogP contribution in [-0.4, -0.2) is 30.6 Å². The Labute approximate surface area is 52.4 Å². The monoisotopic (exact) mass is 132 g/mol. The Bertz CT molecular complexity index is 118. The van der Waals surface area contributed by atoms with E-state index in [1.807, 2.05) is 0 Å². The van der Waals surface area contributed by atoms with E-state index in [4.69, 9.17) is 5.11 Å². The SMILES string of the molecule is COCC(=O)CC(=O)O. The van der Waals surface area contributed by atoms with E-state index in [1.165, 1.54) is 7.11 Å². The maximum atomic E-state index is 10.3. The third kappa shape index (κ3) is 4.96. The molecule has 0 bridgehead atoms. The van der Waals surface area contributed by atoms with E-state index in [2.05, 4.69) is 4.74 Å². The lowest BCUT2D eigenvalue weighted by Crippen LogP contribution is -2.11. The molecular weight excluding hydrogens is 124 g/mol. The molecule has 0 aromatic heterocycles. The van der Waals surface area contributed by atoms with Crippen LogP contribution in [0.15, 0.2) is 0 Å². The van der Waals surface area contributed by atoms with Gasteiger partial charge in [0, 0.05) is 7.11 Å². The predicted octanol–water partition coefficient (Wildman–Crippen LogP) is -0.323. The summed E-state index contributed by atoms with van der Waals surface area (Å²) in [6, 6.07) is 0. The van der Waals surface area contributed by atoms with Crippen molar-refractivity contribution in [1.82, 2.24) is 0 Å². The maximum absolute atomic E-state index is 10.3. The minimum absolute atomic E-state index is 0.119. The van der Waals surface area contributed by atoms with E-state index in [0.717, 1.165) is 0 Å². The Morgan fingerprint density at radius 1 is 1.56 bits per heavy atom. The molecule has 0 rings (SSSR count). The number of hydrogen-bond acceptors (Lipinski definition) is 3. The topological polar surface area (TPSA) is 63.6 Å². The zero-order valence-electron chi connectivity index (χ0n) is 5.09. The Hall–Kier alpha value is -0.900. The first-order valence-electron chi connectivity index (χ1n) is 2.39. The molecule has 0 atom stereocenters. The average Bonchev–Trinajstić information content (AvgIpc) is 1.63. The fourth-order valence-corrected chi connectivity index (χ4v) is 0.381. The van der Waals surface area contributed by atoms with Crippen LogP contribution in [0.3, 0.4) is 0 Å². The van der Waals surface area contributed by atoms with Crippen molar-refractivity contribution in [2.75, 3.05) is 13.7 Å². The molecule has 0 aliphatic carbocycles. The van der Waals surface area contributed by atoms with Gasteiger partial charge in [0.1, 0.15) is 13.0 Å². The normalized spacial score (nSPS) is 9.00. The molecule has 0 radical (unpaired) electrons. The zero-order chi connectivity index (χ0) is 7.28. The smallest absolute Gasteiger partial charge is 0.310 e. The number of carboxylic acids is 1. The van der Waals surface area contributed by atoms with Crippen molar-refractivity contribution in [2.45, 2.75) is 6.42 Å².